The fourth-order valence-electron chi connectivity index (χ4n) is 1.93. The first-order chi connectivity index (χ1) is 9.02. The molecule has 0 atom stereocenters. The second-order valence-electron chi connectivity index (χ2n) is 4.60. The van der Waals surface area contributed by atoms with Crippen LogP contribution in [0.4, 0.5) is 4.39 Å². The summed E-state index contributed by atoms with van der Waals surface area (Å²) in [6.45, 7) is 4.08. The summed E-state index contributed by atoms with van der Waals surface area (Å²) in [5.74, 6) is 0.519. The Morgan fingerprint density at radius 3 is 2.63 bits per heavy atom. The summed E-state index contributed by atoms with van der Waals surface area (Å²) in [6.07, 6.45) is 1.65. The van der Waals surface area contributed by atoms with Crippen LogP contribution in [0.1, 0.15) is 25.3 Å². The number of methoxy groups -OCH3 is 1. The van der Waals surface area contributed by atoms with E-state index < -0.39 is 0 Å². The van der Waals surface area contributed by atoms with Crippen molar-refractivity contribution >= 4 is 15.9 Å². The van der Waals surface area contributed by atoms with Gasteiger partial charge in [-0.05, 0) is 56.7 Å². The van der Waals surface area contributed by atoms with Gasteiger partial charge in [0.25, 0.3) is 0 Å². The highest BCUT2D eigenvalue weighted by atomic mass is 79.9. The van der Waals surface area contributed by atoms with Crippen molar-refractivity contribution in [1.82, 2.24) is 4.98 Å². The van der Waals surface area contributed by atoms with Crippen molar-refractivity contribution in [3.05, 3.63) is 46.3 Å². The molecule has 1 heterocycles. The maximum absolute atomic E-state index is 13.8. The molecule has 0 aliphatic carbocycles. The summed E-state index contributed by atoms with van der Waals surface area (Å²) in [5, 5.41) is 0. The Morgan fingerprint density at radius 1 is 1.26 bits per heavy atom. The van der Waals surface area contributed by atoms with E-state index in [1.165, 1.54) is 6.07 Å². The third-order valence-electron chi connectivity index (χ3n) is 2.94. The van der Waals surface area contributed by atoms with E-state index in [0.717, 1.165) is 21.2 Å². The first-order valence-corrected chi connectivity index (χ1v) is 6.81. The average Bonchev–Trinajstić information content (AvgIpc) is 2.40. The monoisotopic (exact) mass is 323 g/mol. The molecule has 0 saturated carbocycles. The van der Waals surface area contributed by atoms with Crippen molar-refractivity contribution in [2.45, 2.75) is 19.8 Å². The van der Waals surface area contributed by atoms with E-state index >= 15 is 0 Å². The first-order valence-electron chi connectivity index (χ1n) is 6.02. The number of benzene rings is 1. The predicted octanol–water partition coefficient (Wildman–Crippen LogP) is 4.78. The van der Waals surface area contributed by atoms with E-state index in [2.05, 4.69) is 20.9 Å². The van der Waals surface area contributed by atoms with E-state index in [-0.39, 0.29) is 11.7 Å². The molecule has 2 rings (SSSR count). The Bertz CT molecular complexity index is 599. The molecule has 2 aromatic rings. The van der Waals surface area contributed by atoms with E-state index in [0.29, 0.717) is 5.88 Å². The van der Waals surface area contributed by atoms with Gasteiger partial charge < -0.3 is 4.74 Å². The molecule has 0 aliphatic rings. The highest BCUT2D eigenvalue weighted by Gasteiger charge is 2.13. The van der Waals surface area contributed by atoms with Crippen molar-refractivity contribution in [2.75, 3.05) is 7.11 Å². The van der Waals surface area contributed by atoms with Gasteiger partial charge in [0, 0.05) is 16.7 Å². The molecular formula is C15H15BrFNO. The van der Waals surface area contributed by atoms with Crippen LogP contribution in [-0.4, -0.2) is 12.1 Å². The zero-order valence-electron chi connectivity index (χ0n) is 11.1. The zero-order chi connectivity index (χ0) is 14.0. The summed E-state index contributed by atoms with van der Waals surface area (Å²) >= 11 is 3.57. The Hall–Kier alpha value is -1.42. The van der Waals surface area contributed by atoms with Crippen molar-refractivity contribution in [3.8, 4) is 17.0 Å². The number of halogens is 2. The van der Waals surface area contributed by atoms with Gasteiger partial charge in [-0.15, -0.1) is 0 Å². The molecule has 1 aromatic carbocycles. The van der Waals surface area contributed by atoms with Gasteiger partial charge in [0.15, 0.2) is 0 Å². The van der Waals surface area contributed by atoms with E-state index in [1.807, 2.05) is 19.9 Å². The summed E-state index contributed by atoms with van der Waals surface area (Å²) in [5.41, 5.74) is 2.63. The largest absolute Gasteiger partial charge is 0.481 e. The number of nitrogens with zero attached hydrogens (tertiary/aromatic N) is 1. The van der Waals surface area contributed by atoms with Gasteiger partial charge in [-0.25, -0.2) is 9.37 Å². The molecule has 0 saturated heterocycles. The first kappa shape index (κ1) is 14.0. The summed E-state index contributed by atoms with van der Waals surface area (Å²) in [4.78, 5) is 4.06. The van der Waals surface area contributed by atoms with Crippen molar-refractivity contribution in [2.24, 2.45) is 0 Å². The Balaban J connectivity index is 2.61. The molecular weight excluding hydrogens is 309 g/mol. The molecule has 100 valence electrons. The topological polar surface area (TPSA) is 22.1 Å². The molecule has 2 nitrogen and oxygen atoms in total. The molecule has 0 fully saturated rings. The van der Waals surface area contributed by atoms with Crippen LogP contribution < -0.4 is 4.74 Å². The van der Waals surface area contributed by atoms with Crippen molar-refractivity contribution in [3.63, 3.8) is 0 Å². The number of rotatable bonds is 3. The highest BCUT2D eigenvalue weighted by Crippen LogP contribution is 2.36. The fraction of sp³-hybridized carbons (Fsp3) is 0.267. The van der Waals surface area contributed by atoms with Crippen LogP contribution in [0.25, 0.3) is 11.1 Å². The molecule has 0 bridgehead atoms. The highest BCUT2D eigenvalue weighted by molar-refractivity contribution is 9.10. The molecule has 19 heavy (non-hydrogen) atoms. The molecule has 1 aromatic heterocycles. The summed E-state index contributed by atoms with van der Waals surface area (Å²) < 4.78 is 19.8. The molecule has 0 unspecified atom stereocenters. The molecule has 0 radical (unpaired) electrons. The van der Waals surface area contributed by atoms with Gasteiger partial charge in [0.05, 0.1) is 7.11 Å². The van der Waals surface area contributed by atoms with Gasteiger partial charge in [-0.2, -0.15) is 0 Å². The lowest BCUT2D eigenvalue weighted by atomic mass is 9.97. The smallest absolute Gasteiger partial charge is 0.213 e. The second kappa shape index (κ2) is 5.70. The molecule has 0 amide bonds. The predicted molar refractivity (Wildman–Crippen MR) is 78.0 cm³/mol. The van der Waals surface area contributed by atoms with Gasteiger partial charge in [0.2, 0.25) is 5.88 Å². The van der Waals surface area contributed by atoms with Crippen molar-refractivity contribution < 1.29 is 9.13 Å². The zero-order valence-corrected chi connectivity index (χ0v) is 12.7. The number of hydrogen-bond acceptors (Lipinski definition) is 2. The van der Waals surface area contributed by atoms with Gasteiger partial charge >= 0.3 is 0 Å². The van der Waals surface area contributed by atoms with E-state index in [1.54, 1.807) is 25.4 Å². The minimum Gasteiger partial charge on any atom is -0.481 e. The number of pyridine rings is 1. The average molecular weight is 324 g/mol. The van der Waals surface area contributed by atoms with Crippen LogP contribution in [0.15, 0.2) is 34.9 Å². The van der Waals surface area contributed by atoms with Crippen LogP contribution in [0.2, 0.25) is 0 Å². The lowest BCUT2D eigenvalue weighted by molar-refractivity contribution is 0.398. The van der Waals surface area contributed by atoms with Crippen LogP contribution >= 0.6 is 15.9 Å². The minimum atomic E-state index is -0.238. The standard InChI is InChI=1S/C15H15BrFNO/c1-9(2)12-7-11(17)8-13(15(12)16)10-4-5-18-14(6-10)19-3/h4-9H,1-3H3. The van der Waals surface area contributed by atoms with Crippen LogP contribution in [0, 0.1) is 5.82 Å². The number of ether oxygens (including phenoxy) is 1. The third-order valence-corrected chi connectivity index (χ3v) is 3.83. The summed E-state index contributed by atoms with van der Waals surface area (Å²) in [7, 11) is 1.56. The molecule has 4 heteroatoms. The number of hydrogen-bond donors (Lipinski definition) is 0. The van der Waals surface area contributed by atoms with Crippen LogP contribution in [0.5, 0.6) is 5.88 Å². The lowest BCUT2D eigenvalue weighted by Gasteiger charge is -2.14. The molecule has 0 aliphatic heterocycles. The molecule has 0 spiro atoms. The van der Waals surface area contributed by atoms with E-state index in [9.17, 15) is 4.39 Å². The third kappa shape index (κ3) is 2.95. The minimum absolute atomic E-state index is 0.238. The second-order valence-corrected chi connectivity index (χ2v) is 5.39. The van der Waals surface area contributed by atoms with Gasteiger partial charge in [0.1, 0.15) is 5.82 Å². The lowest BCUT2D eigenvalue weighted by Crippen LogP contribution is -1.95. The van der Waals surface area contributed by atoms with E-state index in [4.69, 9.17) is 4.74 Å². The normalized spacial score (nSPS) is 10.8. The Morgan fingerprint density at radius 2 is 2.00 bits per heavy atom. The van der Waals surface area contributed by atoms with Gasteiger partial charge in [-0.1, -0.05) is 13.8 Å². The fourth-order valence-corrected chi connectivity index (χ4v) is 2.84. The van der Waals surface area contributed by atoms with Crippen LogP contribution in [0.3, 0.4) is 0 Å². The van der Waals surface area contributed by atoms with Crippen LogP contribution in [-0.2, 0) is 0 Å². The Labute approximate surface area is 120 Å². The van der Waals surface area contributed by atoms with Crippen molar-refractivity contribution in [1.29, 1.82) is 0 Å². The molecule has 0 N–H and O–H groups in total. The Kier molecular flexibility index (Phi) is 4.20. The summed E-state index contributed by atoms with van der Waals surface area (Å²) in [6, 6.07) is 6.72. The maximum atomic E-state index is 13.8. The van der Waals surface area contributed by atoms with Gasteiger partial charge in [-0.3, -0.25) is 0 Å². The number of aromatic nitrogens is 1. The maximum Gasteiger partial charge on any atom is 0.213 e. The SMILES string of the molecule is COc1cc(-c2cc(F)cc(C(C)C)c2Br)ccn1. The quantitative estimate of drug-likeness (QED) is 0.810.